The molecule has 1 aromatic heterocycles. The van der Waals surface area contributed by atoms with Gasteiger partial charge in [0.15, 0.2) is 0 Å². The van der Waals surface area contributed by atoms with E-state index >= 15 is 0 Å². The maximum atomic E-state index is 13.3. The Hall–Kier alpha value is -2.42. The summed E-state index contributed by atoms with van der Waals surface area (Å²) >= 11 is 0. The van der Waals surface area contributed by atoms with Crippen molar-refractivity contribution >= 4 is 17.8 Å². The molecule has 2 amide bonds. The van der Waals surface area contributed by atoms with Gasteiger partial charge in [0.25, 0.3) is 0 Å². The third kappa shape index (κ3) is 4.98. The number of aromatic nitrogens is 2. The fraction of sp³-hybridized carbons (Fsp3) is 0.793. The molecule has 4 aliphatic carbocycles. The van der Waals surface area contributed by atoms with Crippen molar-refractivity contribution in [3.63, 3.8) is 0 Å². The van der Waals surface area contributed by atoms with Gasteiger partial charge in [0.2, 0.25) is 5.91 Å². The lowest BCUT2D eigenvalue weighted by Gasteiger charge is -2.58. The van der Waals surface area contributed by atoms with Crippen LogP contribution in [0.3, 0.4) is 0 Å². The minimum absolute atomic E-state index is 0.0759. The summed E-state index contributed by atoms with van der Waals surface area (Å²) in [6.45, 7) is 8.06. The van der Waals surface area contributed by atoms with Crippen LogP contribution in [-0.4, -0.2) is 74.8 Å². The van der Waals surface area contributed by atoms with Crippen LogP contribution in [0.5, 0.6) is 0 Å². The molecule has 7 rings (SSSR count). The number of anilines is 1. The van der Waals surface area contributed by atoms with E-state index in [0.717, 1.165) is 34.8 Å². The van der Waals surface area contributed by atoms with Crippen molar-refractivity contribution in [3.05, 3.63) is 17.6 Å². The summed E-state index contributed by atoms with van der Waals surface area (Å²) in [4.78, 5) is 38.3. The van der Waals surface area contributed by atoms with Crippen LogP contribution in [0.2, 0.25) is 0 Å². The van der Waals surface area contributed by atoms with Crippen LogP contribution in [-0.2, 0) is 22.5 Å². The van der Waals surface area contributed by atoms with Crippen molar-refractivity contribution in [2.75, 3.05) is 31.5 Å². The lowest BCUT2D eigenvalue weighted by Crippen LogP contribution is -2.53. The number of ether oxygens (including phenoxy) is 1. The third-order valence-electron chi connectivity index (χ3n) is 9.76. The molecule has 2 unspecified atom stereocenters. The van der Waals surface area contributed by atoms with Crippen LogP contribution in [0.25, 0.3) is 0 Å². The largest absolute Gasteiger partial charge is 0.444 e. The molecule has 208 valence electrons. The average molecular weight is 526 g/mol. The number of hydrogen-bond donors (Lipinski definition) is 2. The molecule has 5 fully saturated rings. The topological polar surface area (TPSA) is 108 Å². The first-order chi connectivity index (χ1) is 18.1. The summed E-state index contributed by atoms with van der Waals surface area (Å²) in [5, 5.41) is 14.8. The third-order valence-corrected chi connectivity index (χ3v) is 9.76. The molecule has 0 aromatic carbocycles. The molecule has 9 nitrogen and oxygen atoms in total. The fourth-order valence-corrected chi connectivity index (χ4v) is 8.40. The molecular weight excluding hydrogens is 482 g/mol. The fourth-order valence-electron chi connectivity index (χ4n) is 8.40. The monoisotopic (exact) mass is 525 g/mol. The van der Waals surface area contributed by atoms with Crippen LogP contribution in [0, 0.1) is 29.1 Å². The number of fused-ring (bicyclic) bond motifs is 1. The number of aliphatic hydroxyl groups is 1. The lowest BCUT2D eigenvalue weighted by atomic mass is 9.48. The van der Waals surface area contributed by atoms with Crippen LogP contribution in [0.15, 0.2) is 6.33 Å². The number of rotatable bonds is 5. The molecule has 2 atom stereocenters. The van der Waals surface area contributed by atoms with Crippen molar-refractivity contribution in [1.29, 1.82) is 0 Å². The standard InChI is InChI=1S/C29H43N5O4/c1-28(2,3)38-27(37)34-6-4-21(15-34)26(36)33-7-5-22-23(16-33)31-17-32-25(22)30-14-24(35)29-11-18-8-19(12-29)10-20(9-18)13-29/h17-21,24,35H,4-16H2,1-3H3,(H,30,31,32). The predicted molar refractivity (Wildman–Crippen MR) is 142 cm³/mol. The number of carbonyl (C=O) groups excluding carboxylic acids is 2. The average Bonchev–Trinajstić information content (AvgIpc) is 3.35. The van der Waals surface area contributed by atoms with Crippen LogP contribution >= 0.6 is 0 Å². The van der Waals surface area contributed by atoms with Gasteiger partial charge >= 0.3 is 6.09 Å². The summed E-state index contributed by atoms with van der Waals surface area (Å²) in [7, 11) is 0. The van der Waals surface area contributed by atoms with Gasteiger partial charge < -0.3 is 25.0 Å². The number of carbonyl (C=O) groups is 2. The van der Waals surface area contributed by atoms with Crippen molar-refractivity contribution in [2.45, 2.75) is 90.4 Å². The summed E-state index contributed by atoms with van der Waals surface area (Å²) in [6, 6.07) is 0. The minimum atomic E-state index is -0.549. The number of hydrogen-bond acceptors (Lipinski definition) is 7. The molecule has 0 radical (unpaired) electrons. The Morgan fingerprint density at radius 3 is 2.45 bits per heavy atom. The van der Waals surface area contributed by atoms with Crippen molar-refractivity contribution in [3.8, 4) is 0 Å². The van der Waals surface area contributed by atoms with Crippen molar-refractivity contribution in [1.82, 2.24) is 19.8 Å². The number of nitrogens with one attached hydrogen (secondary N) is 1. The highest BCUT2D eigenvalue weighted by atomic mass is 16.6. The highest BCUT2D eigenvalue weighted by Gasteiger charge is 2.53. The second-order valence-electron chi connectivity index (χ2n) is 13.7. The van der Waals surface area contributed by atoms with Gasteiger partial charge in [0.1, 0.15) is 17.7 Å². The lowest BCUT2D eigenvalue weighted by molar-refractivity contribution is -0.136. The minimum Gasteiger partial charge on any atom is -0.444 e. The number of aliphatic hydroxyl groups excluding tert-OH is 1. The Labute approximate surface area is 225 Å². The van der Waals surface area contributed by atoms with Crippen molar-refractivity contribution < 1.29 is 19.4 Å². The second kappa shape index (κ2) is 9.65. The Morgan fingerprint density at radius 1 is 1.11 bits per heavy atom. The summed E-state index contributed by atoms with van der Waals surface area (Å²) < 4.78 is 5.48. The molecule has 0 spiro atoms. The van der Waals surface area contributed by atoms with Gasteiger partial charge in [-0.1, -0.05) is 0 Å². The molecule has 6 aliphatic rings. The SMILES string of the molecule is CC(C)(C)OC(=O)N1CCC(C(=O)N2CCc3c(ncnc3NCC(O)C34CC5CC(CC(C5)C3)C4)C2)C1. The first kappa shape index (κ1) is 25.8. The Morgan fingerprint density at radius 2 is 1.79 bits per heavy atom. The summed E-state index contributed by atoms with van der Waals surface area (Å²) in [6.07, 6.45) is 9.81. The molecule has 4 bridgehead atoms. The van der Waals surface area contributed by atoms with Gasteiger partial charge in [0.05, 0.1) is 24.3 Å². The molecule has 9 heteroatoms. The van der Waals surface area contributed by atoms with Crippen molar-refractivity contribution in [2.24, 2.45) is 29.1 Å². The van der Waals surface area contributed by atoms with Crippen LogP contribution < -0.4 is 5.32 Å². The molecule has 38 heavy (non-hydrogen) atoms. The molecule has 2 N–H and O–H groups in total. The van der Waals surface area contributed by atoms with Gasteiger partial charge in [-0.05, 0) is 95.3 Å². The second-order valence-corrected chi connectivity index (χ2v) is 13.7. The van der Waals surface area contributed by atoms with E-state index < -0.39 is 5.60 Å². The number of nitrogens with zero attached hydrogens (tertiary/aromatic N) is 4. The highest BCUT2D eigenvalue weighted by Crippen LogP contribution is 2.61. The summed E-state index contributed by atoms with van der Waals surface area (Å²) in [5.41, 5.74) is 1.45. The van der Waals surface area contributed by atoms with Gasteiger partial charge in [-0.15, -0.1) is 0 Å². The van der Waals surface area contributed by atoms with Crippen LogP contribution in [0.1, 0.15) is 77.0 Å². The predicted octanol–water partition coefficient (Wildman–Crippen LogP) is 3.61. The molecule has 1 saturated heterocycles. The smallest absolute Gasteiger partial charge is 0.410 e. The maximum absolute atomic E-state index is 13.3. The van der Waals surface area contributed by atoms with E-state index in [1.807, 2.05) is 25.7 Å². The van der Waals surface area contributed by atoms with Gasteiger partial charge in [-0.2, -0.15) is 0 Å². The molecule has 1 aromatic rings. The maximum Gasteiger partial charge on any atom is 0.410 e. The van der Waals surface area contributed by atoms with Crippen LogP contribution in [0.4, 0.5) is 10.6 Å². The molecule has 3 heterocycles. The summed E-state index contributed by atoms with van der Waals surface area (Å²) in [5.74, 6) is 3.08. The van der Waals surface area contributed by atoms with E-state index in [9.17, 15) is 14.7 Å². The zero-order chi connectivity index (χ0) is 26.7. The normalized spacial score (nSPS) is 32.7. The van der Waals surface area contributed by atoms with E-state index in [0.29, 0.717) is 45.6 Å². The molecular formula is C29H43N5O4. The Balaban J connectivity index is 1.06. The first-order valence-electron chi connectivity index (χ1n) is 14.6. The molecule has 4 saturated carbocycles. The van der Waals surface area contributed by atoms with E-state index in [1.54, 1.807) is 11.2 Å². The van der Waals surface area contributed by atoms with E-state index in [4.69, 9.17) is 4.74 Å². The molecule has 2 aliphatic heterocycles. The van der Waals surface area contributed by atoms with E-state index in [2.05, 4.69) is 15.3 Å². The highest BCUT2D eigenvalue weighted by molar-refractivity contribution is 5.81. The zero-order valence-corrected chi connectivity index (χ0v) is 23.1. The van der Waals surface area contributed by atoms with E-state index in [-0.39, 0.29) is 29.4 Å². The van der Waals surface area contributed by atoms with Gasteiger partial charge in [-0.3, -0.25) is 4.79 Å². The van der Waals surface area contributed by atoms with Gasteiger partial charge in [0, 0.05) is 31.7 Å². The van der Waals surface area contributed by atoms with E-state index in [1.165, 1.54) is 38.5 Å². The number of likely N-dealkylation sites (tertiary alicyclic amines) is 1. The number of amides is 2. The Kier molecular flexibility index (Phi) is 6.56. The quantitative estimate of drug-likeness (QED) is 0.605. The van der Waals surface area contributed by atoms with Gasteiger partial charge in [-0.25, -0.2) is 14.8 Å². The zero-order valence-electron chi connectivity index (χ0n) is 23.1. The Bertz CT molecular complexity index is 1050. The first-order valence-corrected chi connectivity index (χ1v) is 14.6.